The van der Waals surface area contributed by atoms with Crippen LogP contribution in [0.15, 0.2) is 0 Å². The van der Waals surface area contributed by atoms with Crippen molar-refractivity contribution in [2.75, 3.05) is 0 Å². The minimum Gasteiger partial charge on any atom is -0.481 e. The second kappa shape index (κ2) is 2.53. The highest BCUT2D eigenvalue weighted by Gasteiger charge is 2.58. The highest BCUT2D eigenvalue weighted by Crippen LogP contribution is 2.65. The molecule has 0 spiro atoms. The second-order valence-electron chi connectivity index (χ2n) is 6.21. The Hall–Kier alpha value is -0.530. The fourth-order valence-corrected chi connectivity index (χ4v) is 3.48. The van der Waals surface area contributed by atoms with E-state index in [-0.39, 0.29) is 10.8 Å². The first kappa shape index (κ1) is 10.0. The maximum absolute atomic E-state index is 11.3. The minimum absolute atomic E-state index is 0.196. The smallest absolute Gasteiger partial charge is 0.309 e. The van der Waals surface area contributed by atoms with Gasteiger partial charge in [-0.05, 0) is 42.9 Å². The Morgan fingerprint density at radius 2 is 1.57 bits per heavy atom. The highest BCUT2D eigenvalue weighted by molar-refractivity contribution is 5.75. The van der Waals surface area contributed by atoms with Crippen molar-refractivity contribution in [1.82, 2.24) is 0 Å². The lowest BCUT2D eigenvalue weighted by Crippen LogP contribution is -2.54. The van der Waals surface area contributed by atoms with Crippen LogP contribution in [-0.2, 0) is 4.79 Å². The third-order valence-electron chi connectivity index (χ3n) is 5.18. The Kier molecular flexibility index (Phi) is 1.81. The molecule has 0 aromatic carbocycles. The van der Waals surface area contributed by atoms with Gasteiger partial charge in [-0.1, -0.05) is 20.8 Å². The molecule has 2 nitrogen and oxygen atoms in total. The van der Waals surface area contributed by atoms with Gasteiger partial charge in [-0.2, -0.15) is 0 Å². The Labute approximate surface area is 85.7 Å². The van der Waals surface area contributed by atoms with Crippen molar-refractivity contribution >= 4 is 5.97 Å². The molecular weight excluding hydrogens is 176 g/mol. The topological polar surface area (TPSA) is 37.3 Å². The largest absolute Gasteiger partial charge is 0.481 e. The summed E-state index contributed by atoms with van der Waals surface area (Å²) < 4.78 is 0. The van der Waals surface area contributed by atoms with E-state index in [0.29, 0.717) is 5.41 Å². The molecule has 3 rings (SSSR count). The van der Waals surface area contributed by atoms with Crippen LogP contribution in [0, 0.1) is 16.2 Å². The van der Waals surface area contributed by atoms with Gasteiger partial charge in [-0.15, -0.1) is 0 Å². The Balaban J connectivity index is 2.35. The minimum atomic E-state index is -0.563. The van der Waals surface area contributed by atoms with Crippen LogP contribution in [0.5, 0.6) is 0 Å². The third-order valence-corrected chi connectivity index (χ3v) is 5.18. The quantitative estimate of drug-likeness (QED) is 0.699. The molecule has 3 fully saturated rings. The van der Waals surface area contributed by atoms with Crippen LogP contribution >= 0.6 is 0 Å². The number of carboxylic acids is 1. The number of rotatable bonds is 1. The van der Waals surface area contributed by atoms with Crippen LogP contribution in [0.4, 0.5) is 0 Å². The molecule has 2 heteroatoms. The number of carboxylic acid groups (broad SMARTS) is 1. The fraction of sp³-hybridized carbons (Fsp3) is 0.917. The van der Waals surface area contributed by atoms with Crippen molar-refractivity contribution in [3.63, 3.8) is 0 Å². The Morgan fingerprint density at radius 1 is 1.07 bits per heavy atom. The average Bonchev–Trinajstić information content (AvgIpc) is 2.07. The summed E-state index contributed by atoms with van der Waals surface area (Å²) in [6.45, 7) is 6.81. The Bertz CT molecular complexity index is 270. The molecule has 2 bridgehead atoms. The van der Waals surface area contributed by atoms with Crippen LogP contribution < -0.4 is 0 Å². The van der Waals surface area contributed by atoms with Gasteiger partial charge < -0.3 is 5.11 Å². The predicted molar refractivity (Wildman–Crippen MR) is 55.0 cm³/mol. The van der Waals surface area contributed by atoms with Crippen LogP contribution in [0.25, 0.3) is 0 Å². The van der Waals surface area contributed by atoms with E-state index in [0.717, 1.165) is 32.1 Å². The summed E-state index contributed by atoms with van der Waals surface area (Å²) in [5.74, 6) is -0.563. The zero-order chi connectivity index (χ0) is 10.6. The maximum atomic E-state index is 11.3. The molecule has 0 heterocycles. The fourth-order valence-electron chi connectivity index (χ4n) is 3.48. The molecule has 0 aromatic rings. The van der Waals surface area contributed by atoms with Crippen molar-refractivity contribution < 1.29 is 9.90 Å². The monoisotopic (exact) mass is 196 g/mol. The van der Waals surface area contributed by atoms with E-state index in [1.54, 1.807) is 0 Å². The standard InChI is InChI=1S/C12H20O2/c1-10(2)8-12(9(13)14)6-4-11(10,3)5-7-12/h4-8H2,1-3H3,(H,13,14). The summed E-state index contributed by atoms with van der Waals surface area (Å²) in [5, 5.41) is 9.33. The number of aliphatic carboxylic acids is 1. The summed E-state index contributed by atoms with van der Waals surface area (Å²) in [7, 11) is 0. The lowest BCUT2D eigenvalue weighted by Gasteiger charge is -2.59. The lowest BCUT2D eigenvalue weighted by molar-refractivity contribution is -0.172. The van der Waals surface area contributed by atoms with Crippen molar-refractivity contribution in [3.8, 4) is 0 Å². The summed E-state index contributed by atoms with van der Waals surface area (Å²) in [6, 6.07) is 0. The number of hydrogen-bond donors (Lipinski definition) is 1. The molecule has 14 heavy (non-hydrogen) atoms. The van der Waals surface area contributed by atoms with Crippen molar-refractivity contribution in [2.45, 2.75) is 52.9 Å². The van der Waals surface area contributed by atoms with Gasteiger partial charge in [0.05, 0.1) is 5.41 Å². The van der Waals surface area contributed by atoms with Gasteiger partial charge in [-0.25, -0.2) is 0 Å². The van der Waals surface area contributed by atoms with Gasteiger partial charge in [0, 0.05) is 0 Å². The molecule has 0 atom stereocenters. The molecule has 0 unspecified atom stereocenters. The molecular formula is C12H20O2. The first-order chi connectivity index (χ1) is 6.31. The molecule has 3 aliphatic rings. The van der Waals surface area contributed by atoms with Gasteiger partial charge >= 0.3 is 5.97 Å². The molecule has 0 aromatic heterocycles. The number of carbonyl (C=O) groups is 1. The van der Waals surface area contributed by atoms with E-state index < -0.39 is 5.97 Å². The van der Waals surface area contributed by atoms with E-state index in [4.69, 9.17) is 0 Å². The van der Waals surface area contributed by atoms with Gasteiger partial charge in [0.2, 0.25) is 0 Å². The highest BCUT2D eigenvalue weighted by atomic mass is 16.4. The first-order valence-corrected chi connectivity index (χ1v) is 5.55. The molecule has 0 saturated heterocycles. The second-order valence-corrected chi connectivity index (χ2v) is 6.21. The SMILES string of the molecule is CC1(C)CC2(C(=O)O)CCC1(C)CC2. The zero-order valence-corrected chi connectivity index (χ0v) is 9.39. The van der Waals surface area contributed by atoms with Crippen LogP contribution in [0.2, 0.25) is 0 Å². The van der Waals surface area contributed by atoms with E-state index in [9.17, 15) is 9.90 Å². The van der Waals surface area contributed by atoms with E-state index in [1.807, 2.05) is 0 Å². The summed E-state index contributed by atoms with van der Waals surface area (Å²) in [5.41, 5.74) is 0.188. The predicted octanol–water partition coefficient (Wildman–Crippen LogP) is 3.07. The van der Waals surface area contributed by atoms with Gasteiger partial charge in [-0.3, -0.25) is 4.79 Å². The molecule has 3 aliphatic carbocycles. The van der Waals surface area contributed by atoms with E-state index in [2.05, 4.69) is 20.8 Å². The summed E-state index contributed by atoms with van der Waals surface area (Å²) in [4.78, 5) is 11.3. The molecule has 3 saturated carbocycles. The van der Waals surface area contributed by atoms with Crippen molar-refractivity contribution in [1.29, 1.82) is 0 Å². The molecule has 80 valence electrons. The number of fused-ring (bicyclic) bond motifs is 3. The average molecular weight is 196 g/mol. The summed E-state index contributed by atoms with van der Waals surface area (Å²) in [6.07, 6.45) is 4.83. The van der Waals surface area contributed by atoms with Crippen LogP contribution in [0.3, 0.4) is 0 Å². The molecule has 0 aliphatic heterocycles. The zero-order valence-electron chi connectivity index (χ0n) is 9.39. The normalized spacial score (nSPS) is 45.1. The number of hydrogen-bond acceptors (Lipinski definition) is 1. The van der Waals surface area contributed by atoms with Gasteiger partial charge in [0.15, 0.2) is 0 Å². The van der Waals surface area contributed by atoms with Gasteiger partial charge in [0.25, 0.3) is 0 Å². The first-order valence-electron chi connectivity index (χ1n) is 5.55. The molecule has 0 radical (unpaired) electrons. The third kappa shape index (κ3) is 1.06. The lowest BCUT2D eigenvalue weighted by atomic mass is 9.44. The molecule has 0 amide bonds. The van der Waals surface area contributed by atoms with Gasteiger partial charge in [0.1, 0.15) is 0 Å². The van der Waals surface area contributed by atoms with Crippen LogP contribution in [0.1, 0.15) is 52.9 Å². The molecule has 1 N–H and O–H groups in total. The van der Waals surface area contributed by atoms with E-state index in [1.165, 1.54) is 0 Å². The van der Waals surface area contributed by atoms with Crippen molar-refractivity contribution in [3.05, 3.63) is 0 Å². The van der Waals surface area contributed by atoms with Crippen molar-refractivity contribution in [2.24, 2.45) is 16.2 Å². The summed E-state index contributed by atoms with van der Waals surface area (Å²) >= 11 is 0. The maximum Gasteiger partial charge on any atom is 0.309 e. The van der Waals surface area contributed by atoms with Crippen LogP contribution in [-0.4, -0.2) is 11.1 Å². The Morgan fingerprint density at radius 3 is 1.93 bits per heavy atom. The van der Waals surface area contributed by atoms with E-state index >= 15 is 0 Å².